The maximum Gasteiger partial charge on any atom is 0.407 e. The monoisotopic (exact) mass is 357 g/mol. The Morgan fingerprint density at radius 2 is 1.54 bits per heavy atom. The predicted octanol–water partition coefficient (Wildman–Crippen LogP) is 1.67. The molecule has 140 valence electrons. The van der Waals surface area contributed by atoms with Crippen molar-refractivity contribution in [3.05, 3.63) is 71.8 Å². The Labute approximate surface area is 154 Å². The normalized spacial score (nSPS) is 13.2. The van der Waals surface area contributed by atoms with Gasteiger partial charge in [-0.2, -0.15) is 0 Å². The number of carbonyl (C=O) groups is 1. The molecule has 0 bridgehead atoms. The van der Waals surface area contributed by atoms with Crippen molar-refractivity contribution in [1.29, 1.82) is 0 Å². The van der Waals surface area contributed by atoms with Crippen LogP contribution in [0.5, 0.6) is 0 Å². The molecule has 2 aromatic rings. The number of hydrogen-bond donors (Lipinski definition) is 4. The highest BCUT2D eigenvalue weighted by atomic mass is 16.5. The largest absolute Gasteiger partial charge is 0.453 e. The molecule has 0 aromatic heterocycles. The van der Waals surface area contributed by atoms with Gasteiger partial charge < -0.3 is 20.5 Å². The minimum atomic E-state index is -0.951. The topological polar surface area (TPSA) is 82.6 Å². The van der Waals surface area contributed by atoms with Crippen molar-refractivity contribution >= 4 is 6.09 Å². The van der Waals surface area contributed by atoms with Crippen LogP contribution in [0.3, 0.4) is 0 Å². The summed E-state index contributed by atoms with van der Waals surface area (Å²) in [7, 11) is 3.15. The van der Waals surface area contributed by atoms with Crippen LogP contribution in [-0.2, 0) is 4.74 Å². The summed E-state index contributed by atoms with van der Waals surface area (Å²) in [6, 6.07) is 19.0. The third kappa shape index (κ3) is 5.56. The van der Waals surface area contributed by atoms with Gasteiger partial charge in [-0.15, -0.1) is 0 Å². The Morgan fingerprint density at radius 1 is 1.00 bits per heavy atom. The highest BCUT2D eigenvalue weighted by molar-refractivity contribution is 5.67. The second-order valence-electron chi connectivity index (χ2n) is 5.96. The number of aliphatic hydroxyl groups is 1. The van der Waals surface area contributed by atoms with E-state index in [0.717, 1.165) is 11.1 Å². The minimum Gasteiger partial charge on any atom is -0.453 e. The lowest BCUT2D eigenvalue weighted by Gasteiger charge is -2.32. The Hall–Kier alpha value is -2.41. The maximum absolute atomic E-state index is 11.9. The number of aliphatic hydroxyl groups excluding tert-OH is 1. The molecule has 4 N–H and O–H groups in total. The van der Waals surface area contributed by atoms with Gasteiger partial charge in [0.25, 0.3) is 0 Å². The van der Waals surface area contributed by atoms with Gasteiger partial charge in [0.2, 0.25) is 0 Å². The number of carbonyl (C=O) groups excluding carboxylic acids is 1. The molecule has 0 aliphatic heterocycles. The van der Waals surface area contributed by atoms with Gasteiger partial charge in [0, 0.05) is 19.0 Å². The minimum absolute atomic E-state index is 0.242. The molecule has 0 spiro atoms. The third-order valence-corrected chi connectivity index (χ3v) is 4.22. The molecule has 2 aromatic carbocycles. The lowest BCUT2D eigenvalue weighted by molar-refractivity contribution is 0.0814. The van der Waals surface area contributed by atoms with Crippen molar-refractivity contribution in [1.82, 2.24) is 16.0 Å². The molecule has 0 saturated carbocycles. The zero-order valence-corrected chi connectivity index (χ0v) is 15.2. The first-order valence-corrected chi connectivity index (χ1v) is 8.67. The molecule has 6 heteroatoms. The molecule has 0 radical (unpaired) electrons. The fraction of sp³-hybridized carbons (Fsp3) is 0.350. The van der Waals surface area contributed by atoms with Crippen LogP contribution >= 0.6 is 0 Å². The lowest BCUT2D eigenvalue weighted by Crippen LogP contribution is -2.54. The quantitative estimate of drug-likeness (QED) is 0.405. The van der Waals surface area contributed by atoms with Crippen LogP contribution in [0, 0.1) is 0 Å². The van der Waals surface area contributed by atoms with Crippen molar-refractivity contribution in [2.45, 2.75) is 18.2 Å². The third-order valence-electron chi connectivity index (χ3n) is 4.22. The van der Waals surface area contributed by atoms with Crippen LogP contribution < -0.4 is 16.0 Å². The number of hydrogen-bond acceptors (Lipinski definition) is 5. The van der Waals surface area contributed by atoms with Crippen molar-refractivity contribution in [3.63, 3.8) is 0 Å². The number of benzene rings is 2. The summed E-state index contributed by atoms with van der Waals surface area (Å²) >= 11 is 0. The van der Waals surface area contributed by atoms with Crippen LogP contribution in [-0.4, -0.2) is 50.7 Å². The molecule has 1 amide bonds. The van der Waals surface area contributed by atoms with E-state index in [0.29, 0.717) is 13.1 Å². The number of methoxy groups -OCH3 is 1. The Kier molecular flexibility index (Phi) is 8.08. The van der Waals surface area contributed by atoms with E-state index in [2.05, 4.69) is 16.0 Å². The van der Waals surface area contributed by atoms with E-state index in [1.54, 1.807) is 0 Å². The summed E-state index contributed by atoms with van der Waals surface area (Å²) in [6.07, 6.45) is -1.53. The predicted molar refractivity (Wildman–Crippen MR) is 102 cm³/mol. The first-order valence-electron chi connectivity index (χ1n) is 8.67. The van der Waals surface area contributed by atoms with E-state index >= 15 is 0 Å². The van der Waals surface area contributed by atoms with Gasteiger partial charge in [0.15, 0.2) is 0 Å². The van der Waals surface area contributed by atoms with E-state index in [4.69, 9.17) is 4.74 Å². The number of ether oxygens (including phenoxy) is 1. The van der Waals surface area contributed by atoms with Gasteiger partial charge in [-0.05, 0) is 18.2 Å². The number of rotatable bonds is 9. The van der Waals surface area contributed by atoms with Crippen LogP contribution in [0.4, 0.5) is 4.79 Å². The van der Waals surface area contributed by atoms with E-state index in [9.17, 15) is 9.90 Å². The van der Waals surface area contributed by atoms with Gasteiger partial charge in [0.05, 0.1) is 13.2 Å². The standard InChI is InChI=1S/C20H27N3O3/c1-21-13-14-22-19(24)18(23-20(25)26-2)17(15-9-5-3-6-10-15)16-11-7-4-8-12-16/h3-12,17-19,21-22,24H,13-14H2,1-2H3,(H,23,25). The van der Waals surface area contributed by atoms with Crippen molar-refractivity contribution in [3.8, 4) is 0 Å². The van der Waals surface area contributed by atoms with E-state index in [1.165, 1.54) is 7.11 Å². The number of nitrogens with one attached hydrogen (secondary N) is 3. The fourth-order valence-corrected chi connectivity index (χ4v) is 2.94. The maximum atomic E-state index is 11.9. The fourth-order valence-electron chi connectivity index (χ4n) is 2.94. The van der Waals surface area contributed by atoms with Gasteiger partial charge >= 0.3 is 6.09 Å². The molecule has 2 rings (SSSR count). The first kappa shape index (κ1) is 19.9. The molecule has 2 atom stereocenters. The Morgan fingerprint density at radius 3 is 2.00 bits per heavy atom. The van der Waals surface area contributed by atoms with Crippen molar-refractivity contribution < 1.29 is 14.6 Å². The molecule has 0 saturated heterocycles. The summed E-state index contributed by atoms with van der Waals surface area (Å²) in [6.45, 7) is 1.26. The summed E-state index contributed by atoms with van der Waals surface area (Å²) in [5.41, 5.74) is 1.99. The molecule has 0 heterocycles. The van der Waals surface area contributed by atoms with Gasteiger partial charge in [-0.25, -0.2) is 4.79 Å². The molecule has 0 aliphatic carbocycles. The zero-order chi connectivity index (χ0) is 18.8. The van der Waals surface area contributed by atoms with Crippen molar-refractivity contribution in [2.24, 2.45) is 0 Å². The van der Waals surface area contributed by atoms with E-state index in [1.807, 2.05) is 67.7 Å². The second-order valence-corrected chi connectivity index (χ2v) is 5.96. The summed E-state index contributed by atoms with van der Waals surface area (Å²) in [4.78, 5) is 11.9. The van der Waals surface area contributed by atoms with Crippen LogP contribution in [0.2, 0.25) is 0 Å². The number of alkyl carbamates (subject to hydrolysis) is 1. The molecular weight excluding hydrogens is 330 g/mol. The molecule has 0 aliphatic rings. The second kappa shape index (κ2) is 10.6. The van der Waals surface area contributed by atoms with Crippen LogP contribution in [0.25, 0.3) is 0 Å². The summed E-state index contributed by atoms with van der Waals surface area (Å²) in [5.74, 6) is -0.242. The SMILES string of the molecule is CNCCNC(O)C(NC(=O)OC)C(c1ccccc1)c1ccccc1. The molecule has 26 heavy (non-hydrogen) atoms. The summed E-state index contributed by atoms with van der Waals surface area (Å²) < 4.78 is 4.78. The molecule has 0 fully saturated rings. The van der Waals surface area contributed by atoms with Crippen LogP contribution in [0.15, 0.2) is 60.7 Å². The highest BCUT2D eigenvalue weighted by Crippen LogP contribution is 2.29. The van der Waals surface area contributed by atoms with Crippen molar-refractivity contribution in [2.75, 3.05) is 27.2 Å². The van der Waals surface area contributed by atoms with Gasteiger partial charge in [-0.3, -0.25) is 5.32 Å². The average Bonchev–Trinajstić information content (AvgIpc) is 2.69. The average molecular weight is 357 g/mol. The van der Waals surface area contributed by atoms with Crippen LogP contribution in [0.1, 0.15) is 17.0 Å². The molecule has 6 nitrogen and oxygen atoms in total. The zero-order valence-electron chi connectivity index (χ0n) is 15.2. The summed E-state index contributed by atoms with van der Waals surface area (Å²) in [5, 5.41) is 19.6. The number of likely N-dealkylation sites (N-methyl/N-ethyl adjacent to an activating group) is 1. The van der Waals surface area contributed by atoms with Gasteiger partial charge in [-0.1, -0.05) is 60.7 Å². The molecule has 2 unspecified atom stereocenters. The van der Waals surface area contributed by atoms with E-state index < -0.39 is 18.4 Å². The van der Waals surface area contributed by atoms with Gasteiger partial charge in [0.1, 0.15) is 6.23 Å². The van der Waals surface area contributed by atoms with E-state index in [-0.39, 0.29) is 5.92 Å². The first-order chi connectivity index (χ1) is 12.7. The molecular formula is C20H27N3O3. The lowest BCUT2D eigenvalue weighted by atomic mass is 9.84. The smallest absolute Gasteiger partial charge is 0.407 e. The Balaban J connectivity index is 2.38. The number of amides is 1. The Bertz CT molecular complexity index is 612. The highest BCUT2D eigenvalue weighted by Gasteiger charge is 2.32.